The Hall–Kier alpha value is -4.85. The summed E-state index contributed by atoms with van der Waals surface area (Å²) in [4.78, 5) is 26.1. The van der Waals surface area contributed by atoms with Gasteiger partial charge in [-0.2, -0.15) is 0 Å². The standard InChI is InChI=1S/C38H34ClN5OS/c39-34-21-20-33(46-34)37(45)44-26-24-43(25-27-44)32-18-16-31(17-19-32)42-35(36-40-22-23-41-36)38(28-10-4-1-5-11-28,29-12-6-2-7-13-29)30-14-8-3-9-15-30/h1-23,35,42H,24-27H2,(H,40,41). The van der Waals surface area contributed by atoms with Gasteiger partial charge in [0.05, 0.1) is 14.6 Å². The number of halogens is 1. The van der Waals surface area contributed by atoms with Crippen molar-refractivity contribution in [2.24, 2.45) is 0 Å². The number of H-pyrrole nitrogens is 1. The fourth-order valence-electron chi connectivity index (χ4n) is 6.61. The SMILES string of the molecule is O=C(c1ccc(Cl)s1)N1CCN(c2ccc(NC(c3ncc[nH]3)C(c3ccccc3)(c3ccccc3)c3ccccc3)cc2)CC1. The molecule has 46 heavy (non-hydrogen) atoms. The second-order valence-corrected chi connectivity index (χ2v) is 13.1. The number of nitrogens with one attached hydrogen (secondary N) is 2. The van der Waals surface area contributed by atoms with E-state index < -0.39 is 5.41 Å². The molecule has 1 aliphatic heterocycles. The van der Waals surface area contributed by atoms with Gasteiger partial charge in [-0.1, -0.05) is 103 Å². The highest BCUT2D eigenvalue weighted by Gasteiger charge is 2.46. The van der Waals surface area contributed by atoms with E-state index in [0.717, 1.165) is 47.0 Å². The van der Waals surface area contributed by atoms with E-state index in [2.05, 4.69) is 130 Å². The van der Waals surface area contributed by atoms with E-state index in [-0.39, 0.29) is 11.9 Å². The van der Waals surface area contributed by atoms with Crippen LogP contribution in [-0.2, 0) is 5.41 Å². The number of hydrogen-bond donors (Lipinski definition) is 2. The summed E-state index contributed by atoms with van der Waals surface area (Å²) >= 11 is 7.40. The van der Waals surface area contributed by atoms with E-state index in [4.69, 9.17) is 16.6 Å². The third-order valence-electron chi connectivity index (χ3n) is 8.81. The summed E-state index contributed by atoms with van der Waals surface area (Å²) in [7, 11) is 0. The molecule has 7 rings (SSSR count). The molecule has 6 aromatic rings. The maximum atomic E-state index is 12.9. The maximum absolute atomic E-state index is 12.9. The molecule has 1 aliphatic rings. The first-order chi connectivity index (χ1) is 22.6. The monoisotopic (exact) mass is 643 g/mol. The molecular formula is C38H34ClN5OS. The number of anilines is 2. The Bertz CT molecular complexity index is 1760. The molecule has 0 bridgehead atoms. The molecule has 230 valence electrons. The first-order valence-electron chi connectivity index (χ1n) is 15.4. The Morgan fingerprint density at radius 2 is 1.33 bits per heavy atom. The number of carbonyl (C=O) groups excluding carboxylic acids is 1. The van der Waals surface area contributed by atoms with Crippen molar-refractivity contribution in [3.8, 4) is 0 Å². The average molecular weight is 644 g/mol. The second kappa shape index (κ2) is 13.3. The van der Waals surface area contributed by atoms with Crippen LogP contribution in [0, 0.1) is 0 Å². The summed E-state index contributed by atoms with van der Waals surface area (Å²) in [6, 6.07) is 44.0. The molecule has 2 aromatic heterocycles. The molecule has 4 aromatic carbocycles. The highest BCUT2D eigenvalue weighted by molar-refractivity contribution is 7.17. The Balaban J connectivity index is 1.21. The molecule has 0 aliphatic carbocycles. The lowest BCUT2D eigenvalue weighted by Gasteiger charge is -2.42. The van der Waals surface area contributed by atoms with E-state index in [1.54, 1.807) is 6.07 Å². The molecule has 1 fully saturated rings. The van der Waals surface area contributed by atoms with Crippen LogP contribution >= 0.6 is 22.9 Å². The predicted octanol–water partition coefficient (Wildman–Crippen LogP) is 8.27. The minimum atomic E-state index is -0.615. The number of carbonyl (C=O) groups is 1. The van der Waals surface area contributed by atoms with Crippen molar-refractivity contribution < 1.29 is 4.79 Å². The van der Waals surface area contributed by atoms with Gasteiger partial charge in [-0.15, -0.1) is 11.3 Å². The molecular weight excluding hydrogens is 610 g/mol. The third-order valence-corrected chi connectivity index (χ3v) is 10.0. The summed E-state index contributed by atoms with van der Waals surface area (Å²) in [6.07, 6.45) is 3.70. The number of imidazole rings is 1. The van der Waals surface area contributed by atoms with Gasteiger partial charge in [0.1, 0.15) is 11.9 Å². The van der Waals surface area contributed by atoms with Crippen molar-refractivity contribution in [1.82, 2.24) is 14.9 Å². The highest BCUT2D eigenvalue weighted by Crippen LogP contribution is 2.49. The van der Waals surface area contributed by atoms with Gasteiger partial charge in [0.25, 0.3) is 5.91 Å². The number of amides is 1. The van der Waals surface area contributed by atoms with Gasteiger partial charge in [0, 0.05) is 49.9 Å². The zero-order valence-corrected chi connectivity index (χ0v) is 26.8. The number of aromatic amines is 1. The molecule has 0 spiro atoms. The molecule has 0 saturated carbocycles. The van der Waals surface area contributed by atoms with Gasteiger partial charge < -0.3 is 20.1 Å². The van der Waals surface area contributed by atoms with Crippen LogP contribution in [-0.4, -0.2) is 47.0 Å². The normalized spacial score (nSPS) is 14.2. The molecule has 1 saturated heterocycles. The number of hydrogen-bond acceptors (Lipinski definition) is 5. The topological polar surface area (TPSA) is 64.3 Å². The number of piperazine rings is 1. The van der Waals surface area contributed by atoms with E-state index in [1.807, 2.05) is 23.4 Å². The van der Waals surface area contributed by atoms with Crippen LogP contribution < -0.4 is 10.2 Å². The largest absolute Gasteiger partial charge is 0.374 e. The number of benzene rings is 4. The average Bonchev–Trinajstić information content (AvgIpc) is 3.82. The van der Waals surface area contributed by atoms with Crippen molar-refractivity contribution in [2.75, 3.05) is 36.4 Å². The Kier molecular flexibility index (Phi) is 8.59. The summed E-state index contributed by atoms with van der Waals surface area (Å²) in [5.74, 6) is 0.896. The van der Waals surface area contributed by atoms with E-state index in [9.17, 15) is 4.79 Å². The minimum absolute atomic E-state index is 0.0544. The fraction of sp³-hybridized carbons (Fsp3) is 0.158. The first kappa shape index (κ1) is 29.8. The summed E-state index contributed by atoms with van der Waals surface area (Å²) in [6.45, 7) is 2.88. The Morgan fingerprint density at radius 1 is 0.761 bits per heavy atom. The highest BCUT2D eigenvalue weighted by atomic mass is 35.5. The van der Waals surface area contributed by atoms with Gasteiger partial charge in [-0.25, -0.2) is 4.98 Å². The van der Waals surface area contributed by atoms with E-state index in [0.29, 0.717) is 22.3 Å². The van der Waals surface area contributed by atoms with Gasteiger partial charge in [0.15, 0.2) is 0 Å². The van der Waals surface area contributed by atoms with Crippen molar-refractivity contribution in [1.29, 1.82) is 0 Å². The molecule has 1 unspecified atom stereocenters. The molecule has 0 radical (unpaired) electrons. The van der Waals surface area contributed by atoms with Crippen LogP contribution in [0.2, 0.25) is 4.34 Å². The minimum Gasteiger partial charge on any atom is -0.374 e. The van der Waals surface area contributed by atoms with Crippen LogP contribution in [0.1, 0.15) is 38.2 Å². The smallest absolute Gasteiger partial charge is 0.264 e. The van der Waals surface area contributed by atoms with Gasteiger partial charge in [-0.3, -0.25) is 4.79 Å². The zero-order valence-electron chi connectivity index (χ0n) is 25.2. The zero-order chi connectivity index (χ0) is 31.3. The maximum Gasteiger partial charge on any atom is 0.264 e. The molecule has 3 heterocycles. The molecule has 1 amide bonds. The van der Waals surface area contributed by atoms with Crippen molar-refractivity contribution in [3.05, 3.63) is 172 Å². The van der Waals surface area contributed by atoms with Gasteiger partial charge in [-0.05, 0) is 53.1 Å². The lowest BCUT2D eigenvalue weighted by molar-refractivity contribution is 0.0751. The van der Waals surface area contributed by atoms with Crippen molar-refractivity contribution >= 4 is 40.2 Å². The Labute approximate surface area is 278 Å². The van der Waals surface area contributed by atoms with Crippen molar-refractivity contribution in [2.45, 2.75) is 11.5 Å². The van der Waals surface area contributed by atoms with Crippen LogP contribution in [0.25, 0.3) is 0 Å². The van der Waals surface area contributed by atoms with Gasteiger partial charge >= 0.3 is 0 Å². The summed E-state index contributed by atoms with van der Waals surface area (Å²) in [5, 5.41) is 3.92. The second-order valence-electron chi connectivity index (χ2n) is 11.4. The summed E-state index contributed by atoms with van der Waals surface area (Å²) in [5.41, 5.74) is 4.99. The van der Waals surface area contributed by atoms with Gasteiger partial charge in [0.2, 0.25) is 0 Å². The number of nitrogens with zero attached hydrogens (tertiary/aromatic N) is 3. The number of aromatic nitrogens is 2. The molecule has 1 atom stereocenters. The quantitative estimate of drug-likeness (QED) is 0.156. The van der Waals surface area contributed by atoms with Crippen molar-refractivity contribution in [3.63, 3.8) is 0 Å². The number of thiophene rings is 1. The van der Waals surface area contributed by atoms with Crippen LogP contribution in [0.5, 0.6) is 0 Å². The van der Waals surface area contributed by atoms with Crippen LogP contribution in [0.3, 0.4) is 0 Å². The predicted molar refractivity (Wildman–Crippen MR) is 188 cm³/mol. The Morgan fingerprint density at radius 3 is 1.80 bits per heavy atom. The first-order valence-corrected chi connectivity index (χ1v) is 16.6. The van der Waals surface area contributed by atoms with Crippen LogP contribution in [0.4, 0.5) is 11.4 Å². The summed E-state index contributed by atoms with van der Waals surface area (Å²) < 4.78 is 0.638. The lowest BCUT2D eigenvalue weighted by Crippen LogP contribution is -2.48. The lowest BCUT2D eigenvalue weighted by atomic mass is 9.64. The van der Waals surface area contributed by atoms with Crippen LogP contribution in [0.15, 0.2) is 140 Å². The molecule has 2 N–H and O–H groups in total. The number of rotatable bonds is 9. The van der Waals surface area contributed by atoms with E-state index >= 15 is 0 Å². The van der Waals surface area contributed by atoms with E-state index in [1.165, 1.54) is 11.3 Å². The third kappa shape index (κ3) is 5.80. The molecule has 8 heteroatoms. The molecule has 6 nitrogen and oxygen atoms in total. The fourth-order valence-corrected chi connectivity index (χ4v) is 7.62.